The average molecular weight is 237 g/mol. The summed E-state index contributed by atoms with van der Waals surface area (Å²) in [5.41, 5.74) is 5.34. The zero-order valence-corrected chi connectivity index (χ0v) is 10.4. The third kappa shape index (κ3) is 4.82. The summed E-state index contributed by atoms with van der Waals surface area (Å²) in [6.07, 6.45) is 2.04. The SMILES string of the molecule is CC(C)(C)OC(=O)C(N)C1CCCN1.Cl. The Balaban J connectivity index is 0.00000196. The lowest BCUT2D eigenvalue weighted by Gasteiger charge is -2.24. The first-order valence-corrected chi connectivity index (χ1v) is 5.12. The van der Waals surface area contributed by atoms with Gasteiger partial charge in [-0.05, 0) is 40.2 Å². The van der Waals surface area contributed by atoms with Crippen LogP contribution in [0.4, 0.5) is 0 Å². The molecule has 5 heteroatoms. The second kappa shape index (κ2) is 5.68. The number of carbonyl (C=O) groups excluding carboxylic acids is 1. The van der Waals surface area contributed by atoms with Crippen molar-refractivity contribution in [2.45, 2.75) is 51.3 Å². The van der Waals surface area contributed by atoms with Crippen molar-refractivity contribution in [3.63, 3.8) is 0 Å². The molecule has 0 aliphatic carbocycles. The van der Waals surface area contributed by atoms with E-state index in [1.54, 1.807) is 0 Å². The highest BCUT2D eigenvalue weighted by Crippen LogP contribution is 2.13. The topological polar surface area (TPSA) is 64.3 Å². The van der Waals surface area contributed by atoms with Gasteiger partial charge in [-0.15, -0.1) is 12.4 Å². The zero-order valence-electron chi connectivity index (χ0n) is 9.58. The molecule has 0 aromatic carbocycles. The number of esters is 1. The van der Waals surface area contributed by atoms with Crippen molar-refractivity contribution >= 4 is 18.4 Å². The van der Waals surface area contributed by atoms with Gasteiger partial charge in [-0.3, -0.25) is 4.79 Å². The van der Waals surface area contributed by atoms with Gasteiger partial charge in [0.15, 0.2) is 0 Å². The van der Waals surface area contributed by atoms with Crippen LogP contribution in [-0.4, -0.2) is 30.2 Å². The van der Waals surface area contributed by atoms with Crippen LogP contribution in [-0.2, 0) is 9.53 Å². The smallest absolute Gasteiger partial charge is 0.325 e. The van der Waals surface area contributed by atoms with Crippen molar-refractivity contribution in [3.8, 4) is 0 Å². The first kappa shape index (κ1) is 14.7. The van der Waals surface area contributed by atoms with Crippen LogP contribution in [0.15, 0.2) is 0 Å². The van der Waals surface area contributed by atoms with E-state index in [1.807, 2.05) is 20.8 Å². The first-order chi connectivity index (χ1) is 6.40. The van der Waals surface area contributed by atoms with Crippen LogP contribution in [0, 0.1) is 0 Å². The summed E-state index contributed by atoms with van der Waals surface area (Å²) >= 11 is 0. The van der Waals surface area contributed by atoms with Crippen LogP contribution in [0.2, 0.25) is 0 Å². The number of hydrogen-bond acceptors (Lipinski definition) is 4. The fourth-order valence-corrected chi connectivity index (χ4v) is 1.55. The molecule has 90 valence electrons. The van der Waals surface area contributed by atoms with Crippen LogP contribution in [0.25, 0.3) is 0 Å². The van der Waals surface area contributed by atoms with Gasteiger partial charge in [-0.25, -0.2) is 0 Å². The highest BCUT2D eigenvalue weighted by Gasteiger charge is 2.30. The molecule has 0 radical (unpaired) electrons. The van der Waals surface area contributed by atoms with Gasteiger partial charge < -0.3 is 15.8 Å². The summed E-state index contributed by atoms with van der Waals surface area (Å²) in [5.74, 6) is -0.308. The standard InChI is InChI=1S/C10H20N2O2.ClH/c1-10(2,3)14-9(13)8(11)7-5-4-6-12-7;/h7-8,12H,4-6,11H2,1-3H3;1H. The molecule has 1 aliphatic rings. The molecule has 0 aromatic heterocycles. The van der Waals surface area contributed by atoms with E-state index < -0.39 is 11.6 Å². The quantitative estimate of drug-likeness (QED) is 0.698. The molecule has 4 nitrogen and oxygen atoms in total. The highest BCUT2D eigenvalue weighted by atomic mass is 35.5. The van der Waals surface area contributed by atoms with Gasteiger partial charge in [0.05, 0.1) is 0 Å². The van der Waals surface area contributed by atoms with Crippen LogP contribution in [0.5, 0.6) is 0 Å². The van der Waals surface area contributed by atoms with E-state index in [0.717, 1.165) is 19.4 Å². The van der Waals surface area contributed by atoms with Gasteiger partial charge in [0, 0.05) is 6.04 Å². The second-order valence-electron chi connectivity index (χ2n) is 4.76. The van der Waals surface area contributed by atoms with E-state index in [0.29, 0.717) is 0 Å². The maximum atomic E-state index is 11.6. The van der Waals surface area contributed by atoms with E-state index >= 15 is 0 Å². The zero-order chi connectivity index (χ0) is 10.8. The Morgan fingerprint density at radius 2 is 2.13 bits per heavy atom. The van der Waals surface area contributed by atoms with E-state index in [9.17, 15) is 4.79 Å². The molecule has 0 amide bonds. The van der Waals surface area contributed by atoms with Crippen molar-refractivity contribution in [1.29, 1.82) is 0 Å². The normalized spacial score (nSPS) is 23.1. The minimum Gasteiger partial charge on any atom is -0.459 e. The molecule has 1 heterocycles. The minimum absolute atomic E-state index is 0. The third-order valence-electron chi connectivity index (χ3n) is 2.21. The highest BCUT2D eigenvalue weighted by molar-refractivity contribution is 5.85. The molecule has 1 aliphatic heterocycles. The molecular formula is C10H21ClN2O2. The van der Waals surface area contributed by atoms with Crippen molar-refractivity contribution in [1.82, 2.24) is 5.32 Å². The predicted octanol–water partition coefficient (Wildman–Crippen LogP) is 0.829. The van der Waals surface area contributed by atoms with Gasteiger partial charge in [0.1, 0.15) is 11.6 Å². The van der Waals surface area contributed by atoms with Crippen LogP contribution < -0.4 is 11.1 Å². The number of nitrogens with two attached hydrogens (primary N) is 1. The lowest BCUT2D eigenvalue weighted by molar-refractivity contribution is -0.157. The van der Waals surface area contributed by atoms with Crippen molar-refractivity contribution in [3.05, 3.63) is 0 Å². The van der Waals surface area contributed by atoms with Gasteiger partial charge >= 0.3 is 5.97 Å². The molecule has 0 saturated carbocycles. The summed E-state index contributed by atoms with van der Waals surface area (Å²) in [6.45, 7) is 6.49. The Morgan fingerprint density at radius 1 is 1.53 bits per heavy atom. The van der Waals surface area contributed by atoms with Gasteiger partial charge in [0.2, 0.25) is 0 Å². The fraction of sp³-hybridized carbons (Fsp3) is 0.900. The molecule has 1 rings (SSSR count). The first-order valence-electron chi connectivity index (χ1n) is 5.12. The van der Waals surface area contributed by atoms with Crippen molar-refractivity contribution < 1.29 is 9.53 Å². The Labute approximate surface area is 97.3 Å². The molecular weight excluding hydrogens is 216 g/mol. The lowest BCUT2D eigenvalue weighted by Crippen LogP contribution is -2.49. The Kier molecular flexibility index (Phi) is 5.56. The van der Waals surface area contributed by atoms with Gasteiger partial charge in [-0.1, -0.05) is 0 Å². The minimum atomic E-state index is -0.531. The molecule has 15 heavy (non-hydrogen) atoms. The summed E-state index contributed by atoms with van der Waals surface area (Å²) in [6, 6.07) is -0.443. The predicted molar refractivity (Wildman–Crippen MR) is 62.1 cm³/mol. The Bertz CT molecular complexity index is 210. The number of nitrogens with one attached hydrogen (secondary N) is 1. The molecule has 0 aromatic rings. The van der Waals surface area contributed by atoms with Gasteiger partial charge in [0.25, 0.3) is 0 Å². The summed E-state index contributed by atoms with van der Waals surface area (Å²) in [5, 5.41) is 3.20. The fourth-order valence-electron chi connectivity index (χ4n) is 1.55. The van der Waals surface area contributed by atoms with E-state index in [2.05, 4.69) is 5.32 Å². The number of carbonyl (C=O) groups is 1. The lowest BCUT2D eigenvalue weighted by atomic mass is 10.1. The monoisotopic (exact) mass is 236 g/mol. The molecule has 2 atom stereocenters. The van der Waals surface area contributed by atoms with Gasteiger partial charge in [-0.2, -0.15) is 0 Å². The molecule has 0 spiro atoms. The molecule has 1 saturated heterocycles. The Hall–Kier alpha value is -0.320. The number of ether oxygens (including phenoxy) is 1. The largest absolute Gasteiger partial charge is 0.459 e. The molecule has 0 bridgehead atoms. The molecule has 1 fully saturated rings. The summed E-state index contributed by atoms with van der Waals surface area (Å²) in [4.78, 5) is 11.6. The van der Waals surface area contributed by atoms with Crippen LogP contribution in [0.1, 0.15) is 33.6 Å². The second-order valence-corrected chi connectivity index (χ2v) is 4.76. The van der Waals surface area contributed by atoms with E-state index in [1.165, 1.54) is 0 Å². The number of rotatable bonds is 2. The third-order valence-corrected chi connectivity index (χ3v) is 2.21. The maximum absolute atomic E-state index is 11.6. The van der Waals surface area contributed by atoms with E-state index in [4.69, 9.17) is 10.5 Å². The molecule has 2 unspecified atom stereocenters. The average Bonchev–Trinajstić information content (AvgIpc) is 2.51. The number of halogens is 1. The summed E-state index contributed by atoms with van der Waals surface area (Å²) < 4.78 is 5.21. The Morgan fingerprint density at radius 3 is 2.53 bits per heavy atom. The van der Waals surface area contributed by atoms with Crippen molar-refractivity contribution in [2.75, 3.05) is 6.54 Å². The molecule has 3 N–H and O–H groups in total. The van der Waals surface area contributed by atoms with Crippen LogP contribution >= 0.6 is 12.4 Å². The van der Waals surface area contributed by atoms with E-state index in [-0.39, 0.29) is 24.4 Å². The van der Waals surface area contributed by atoms with Crippen molar-refractivity contribution in [2.24, 2.45) is 5.73 Å². The van der Waals surface area contributed by atoms with Crippen LogP contribution in [0.3, 0.4) is 0 Å². The number of hydrogen-bond donors (Lipinski definition) is 2. The maximum Gasteiger partial charge on any atom is 0.325 e. The summed E-state index contributed by atoms with van der Waals surface area (Å²) in [7, 11) is 0.